The van der Waals surface area contributed by atoms with Crippen LogP contribution in [0.5, 0.6) is 0 Å². The molecular formula is C12H22N4. The Hall–Kier alpha value is -0.870. The van der Waals surface area contributed by atoms with Gasteiger partial charge in [0.1, 0.15) is 5.82 Å². The Labute approximate surface area is 97.4 Å². The van der Waals surface area contributed by atoms with Gasteiger partial charge in [0.15, 0.2) is 0 Å². The molecule has 0 radical (unpaired) electrons. The van der Waals surface area contributed by atoms with Crippen molar-refractivity contribution >= 4 is 0 Å². The zero-order chi connectivity index (χ0) is 11.4. The van der Waals surface area contributed by atoms with E-state index in [0.29, 0.717) is 6.04 Å². The van der Waals surface area contributed by atoms with Crippen molar-refractivity contribution in [3.63, 3.8) is 0 Å². The number of hydrogen-bond donors (Lipinski definition) is 2. The molecule has 0 aromatic carbocycles. The molecule has 90 valence electrons. The van der Waals surface area contributed by atoms with Crippen LogP contribution in [-0.2, 0) is 6.54 Å². The van der Waals surface area contributed by atoms with Crippen LogP contribution in [0.3, 0.4) is 0 Å². The molecule has 0 spiro atoms. The Balaban J connectivity index is 1.63. The number of nitrogens with one attached hydrogen (secondary N) is 2. The number of rotatable bonds is 7. The summed E-state index contributed by atoms with van der Waals surface area (Å²) in [5.41, 5.74) is 0. The summed E-state index contributed by atoms with van der Waals surface area (Å²) in [5.74, 6) is 1.02. The van der Waals surface area contributed by atoms with Crippen LogP contribution in [0.25, 0.3) is 0 Å². The maximum atomic E-state index is 4.18. The smallest absolute Gasteiger partial charge is 0.120 e. The third kappa shape index (κ3) is 3.32. The van der Waals surface area contributed by atoms with Gasteiger partial charge in [-0.2, -0.15) is 0 Å². The summed E-state index contributed by atoms with van der Waals surface area (Å²) >= 11 is 0. The first-order valence-corrected chi connectivity index (χ1v) is 6.22. The number of nitrogens with zero attached hydrogens (tertiary/aromatic N) is 2. The molecule has 0 unspecified atom stereocenters. The molecule has 0 saturated heterocycles. The SMILES string of the molecule is CC(C)N(CCNCc1ncc[nH]1)C1CC1. The van der Waals surface area contributed by atoms with E-state index in [1.165, 1.54) is 12.8 Å². The van der Waals surface area contributed by atoms with Crippen molar-refractivity contribution in [2.24, 2.45) is 0 Å². The van der Waals surface area contributed by atoms with Gasteiger partial charge in [-0.05, 0) is 26.7 Å². The largest absolute Gasteiger partial charge is 0.348 e. The highest BCUT2D eigenvalue weighted by atomic mass is 15.2. The van der Waals surface area contributed by atoms with E-state index in [4.69, 9.17) is 0 Å². The second kappa shape index (κ2) is 5.46. The van der Waals surface area contributed by atoms with Crippen molar-refractivity contribution in [2.75, 3.05) is 13.1 Å². The van der Waals surface area contributed by atoms with E-state index in [1.807, 2.05) is 6.20 Å². The number of imidazole rings is 1. The molecule has 1 fully saturated rings. The molecule has 2 rings (SSSR count). The fourth-order valence-corrected chi connectivity index (χ4v) is 2.08. The summed E-state index contributed by atoms with van der Waals surface area (Å²) in [5, 5.41) is 3.42. The van der Waals surface area contributed by atoms with E-state index in [2.05, 4.69) is 34.0 Å². The molecule has 1 heterocycles. The lowest BCUT2D eigenvalue weighted by atomic mass is 10.3. The van der Waals surface area contributed by atoms with Gasteiger partial charge in [0.05, 0.1) is 6.54 Å². The van der Waals surface area contributed by atoms with E-state index in [1.54, 1.807) is 6.20 Å². The average Bonchev–Trinajstić information content (AvgIpc) is 2.94. The molecule has 16 heavy (non-hydrogen) atoms. The summed E-state index contributed by atoms with van der Waals surface area (Å²) in [6, 6.07) is 1.52. The van der Waals surface area contributed by atoms with Crippen molar-refractivity contribution < 1.29 is 0 Å². The molecule has 4 heteroatoms. The summed E-state index contributed by atoms with van der Waals surface area (Å²) in [4.78, 5) is 9.87. The topological polar surface area (TPSA) is 44.0 Å². The van der Waals surface area contributed by atoms with Gasteiger partial charge in [-0.25, -0.2) is 4.98 Å². The summed E-state index contributed by atoms with van der Waals surface area (Å²) in [6.45, 7) is 7.58. The molecule has 1 aliphatic rings. The van der Waals surface area contributed by atoms with Crippen LogP contribution < -0.4 is 5.32 Å². The van der Waals surface area contributed by atoms with Crippen LogP contribution in [0.2, 0.25) is 0 Å². The van der Waals surface area contributed by atoms with E-state index in [9.17, 15) is 0 Å². The van der Waals surface area contributed by atoms with Gasteiger partial charge in [0.25, 0.3) is 0 Å². The highest BCUT2D eigenvalue weighted by Gasteiger charge is 2.29. The van der Waals surface area contributed by atoms with Crippen molar-refractivity contribution in [3.05, 3.63) is 18.2 Å². The fourth-order valence-electron chi connectivity index (χ4n) is 2.08. The number of hydrogen-bond acceptors (Lipinski definition) is 3. The van der Waals surface area contributed by atoms with E-state index < -0.39 is 0 Å². The Morgan fingerprint density at radius 1 is 1.56 bits per heavy atom. The van der Waals surface area contributed by atoms with Crippen LogP contribution in [0.4, 0.5) is 0 Å². The minimum absolute atomic E-state index is 0.665. The predicted molar refractivity (Wildman–Crippen MR) is 65.2 cm³/mol. The van der Waals surface area contributed by atoms with Crippen LogP contribution in [0.1, 0.15) is 32.5 Å². The lowest BCUT2D eigenvalue weighted by molar-refractivity contribution is 0.211. The second-order valence-corrected chi connectivity index (χ2v) is 4.78. The maximum absolute atomic E-state index is 4.18. The lowest BCUT2D eigenvalue weighted by Crippen LogP contribution is -2.38. The zero-order valence-corrected chi connectivity index (χ0v) is 10.2. The van der Waals surface area contributed by atoms with Crippen LogP contribution in [-0.4, -0.2) is 40.0 Å². The minimum atomic E-state index is 0.665. The molecule has 2 N–H and O–H groups in total. The average molecular weight is 222 g/mol. The summed E-state index contributed by atoms with van der Waals surface area (Å²) in [7, 11) is 0. The van der Waals surface area contributed by atoms with Crippen molar-refractivity contribution in [1.82, 2.24) is 20.2 Å². The highest BCUT2D eigenvalue weighted by molar-refractivity contribution is 4.88. The minimum Gasteiger partial charge on any atom is -0.348 e. The van der Waals surface area contributed by atoms with E-state index in [-0.39, 0.29) is 0 Å². The highest BCUT2D eigenvalue weighted by Crippen LogP contribution is 2.27. The molecule has 0 atom stereocenters. The van der Waals surface area contributed by atoms with Crippen molar-refractivity contribution in [2.45, 2.75) is 45.3 Å². The molecule has 4 nitrogen and oxygen atoms in total. The number of aromatic amines is 1. The fraction of sp³-hybridized carbons (Fsp3) is 0.750. The van der Waals surface area contributed by atoms with Gasteiger partial charge in [0.2, 0.25) is 0 Å². The van der Waals surface area contributed by atoms with E-state index in [0.717, 1.165) is 31.5 Å². The molecule has 0 bridgehead atoms. The first kappa shape index (κ1) is 11.6. The number of aromatic nitrogens is 2. The molecule has 1 saturated carbocycles. The van der Waals surface area contributed by atoms with Crippen LogP contribution in [0, 0.1) is 0 Å². The van der Waals surface area contributed by atoms with Crippen LogP contribution >= 0.6 is 0 Å². The van der Waals surface area contributed by atoms with Crippen LogP contribution in [0.15, 0.2) is 12.4 Å². The molecular weight excluding hydrogens is 200 g/mol. The monoisotopic (exact) mass is 222 g/mol. The van der Waals surface area contributed by atoms with Gasteiger partial charge in [-0.15, -0.1) is 0 Å². The Morgan fingerprint density at radius 2 is 2.38 bits per heavy atom. The normalized spacial score (nSPS) is 16.2. The number of H-pyrrole nitrogens is 1. The first-order chi connectivity index (χ1) is 7.77. The third-order valence-corrected chi connectivity index (χ3v) is 3.07. The maximum Gasteiger partial charge on any atom is 0.120 e. The quantitative estimate of drug-likeness (QED) is 0.685. The third-order valence-electron chi connectivity index (χ3n) is 3.07. The Morgan fingerprint density at radius 3 is 2.94 bits per heavy atom. The Kier molecular flexibility index (Phi) is 3.96. The zero-order valence-electron chi connectivity index (χ0n) is 10.2. The van der Waals surface area contributed by atoms with Gasteiger partial charge < -0.3 is 10.3 Å². The lowest BCUT2D eigenvalue weighted by Gasteiger charge is -2.26. The molecule has 0 amide bonds. The van der Waals surface area contributed by atoms with Gasteiger partial charge in [0, 0.05) is 37.6 Å². The van der Waals surface area contributed by atoms with Gasteiger partial charge in [-0.3, -0.25) is 4.90 Å². The molecule has 1 aromatic rings. The van der Waals surface area contributed by atoms with Crippen molar-refractivity contribution in [3.8, 4) is 0 Å². The predicted octanol–water partition coefficient (Wildman–Crippen LogP) is 1.37. The molecule has 1 aliphatic carbocycles. The second-order valence-electron chi connectivity index (χ2n) is 4.78. The van der Waals surface area contributed by atoms with Gasteiger partial charge in [-0.1, -0.05) is 0 Å². The summed E-state index contributed by atoms with van der Waals surface area (Å²) < 4.78 is 0. The Bertz CT molecular complexity index is 288. The van der Waals surface area contributed by atoms with Gasteiger partial charge >= 0.3 is 0 Å². The summed E-state index contributed by atoms with van der Waals surface area (Å²) in [6.07, 6.45) is 6.43. The van der Waals surface area contributed by atoms with E-state index >= 15 is 0 Å². The molecule has 1 aromatic heterocycles. The standard InChI is InChI=1S/C12H22N4/c1-10(2)16(11-3-4-11)8-7-13-9-12-14-5-6-15-12/h5-6,10-11,13H,3-4,7-9H2,1-2H3,(H,14,15). The first-order valence-electron chi connectivity index (χ1n) is 6.22. The van der Waals surface area contributed by atoms with Crippen molar-refractivity contribution in [1.29, 1.82) is 0 Å². The molecule has 0 aliphatic heterocycles.